The molecular weight excluding hydrogens is 384 g/mol. The number of Topliss-reactive ketones (excluding diaryl/α,β-unsaturated/α-hetero) is 1. The molecule has 2 aromatic heterocycles. The van der Waals surface area contributed by atoms with Gasteiger partial charge in [0.05, 0.1) is 5.56 Å². The molecule has 4 rings (SSSR count). The zero-order chi connectivity index (χ0) is 20.8. The van der Waals surface area contributed by atoms with Crippen LogP contribution < -0.4 is 10.9 Å². The Labute approximate surface area is 174 Å². The van der Waals surface area contributed by atoms with E-state index in [4.69, 9.17) is 4.98 Å². The Morgan fingerprint density at radius 1 is 1.24 bits per heavy atom. The third-order valence-electron chi connectivity index (χ3n) is 5.63. The normalized spacial score (nSPS) is 21.2. The van der Waals surface area contributed by atoms with Gasteiger partial charge < -0.3 is 10.3 Å². The molecule has 6 nitrogen and oxygen atoms in total. The van der Waals surface area contributed by atoms with Crippen molar-refractivity contribution in [2.45, 2.75) is 63.3 Å². The van der Waals surface area contributed by atoms with Crippen LogP contribution in [0, 0.1) is 5.41 Å². The number of thioether (sulfide) groups is 1. The summed E-state index contributed by atoms with van der Waals surface area (Å²) in [5.41, 5.74) is 2.66. The predicted octanol–water partition coefficient (Wildman–Crippen LogP) is 4.26. The lowest BCUT2D eigenvalue weighted by atomic mass is 9.69. The smallest absolute Gasteiger partial charge is 0.257 e. The lowest BCUT2D eigenvalue weighted by Gasteiger charge is -2.38. The number of pyridine rings is 1. The minimum absolute atomic E-state index is 0.0914. The van der Waals surface area contributed by atoms with E-state index in [0.29, 0.717) is 33.8 Å². The standard InChI is InChI=1S/C22H26N4O2S/c1-5-12(2)29-21-25-19-18(20(28)26-21)16(13-6-8-23-9-7-13)17-14(24-19)10-22(3,4)11-15(17)27/h6-9,12,16H,5,10-11H2,1-4H3,(H2,24,25,26,28)/t12-,16+/m0/s1. The zero-order valence-electron chi connectivity index (χ0n) is 17.2. The molecule has 0 amide bonds. The maximum Gasteiger partial charge on any atom is 0.257 e. The fourth-order valence-electron chi connectivity index (χ4n) is 4.11. The third-order valence-corrected chi connectivity index (χ3v) is 6.78. The average Bonchev–Trinajstić information content (AvgIpc) is 2.66. The van der Waals surface area contributed by atoms with Crippen LogP contribution in [0.5, 0.6) is 0 Å². The number of ketones is 1. The van der Waals surface area contributed by atoms with Crippen LogP contribution >= 0.6 is 11.8 Å². The number of hydrogen-bond acceptors (Lipinski definition) is 6. The number of nitrogens with one attached hydrogen (secondary N) is 2. The number of carbonyl (C=O) groups is 1. The van der Waals surface area contributed by atoms with Crippen molar-refractivity contribution in [3.05, 3.63) is 57.3 Å². The lowest BCUT2D eigenvalue weighted by molar-refractivity contribution is -0.118. The number of nitrogens with zero attached hydrogens (tertiary/aromatic N) is 2. The first-order chi connectivity index (χ1) is 13.8. The van der Waals surface area contributed by atoms with Crippen molar-refractivity contribution in [2.24, 2.45) is 5.41 Å². The largest absolute Gasteiger partial charge is 0.343 e. The van der Waals surface area contributed by atoms with Crippen molar-refractivity contribution in [3.8, 4) is 0 Å². The summed E-state index contributed by atoms with van der Waals surface area (Å²) >= 11 is 1.56. The minimum Gasteiger partial charge on any atom is -0.343 e. The van der Waals surface area contributed by atoms with Gasteiger partial charge in [-0.05, 0) is 36.0 Å². The summed E-state index contributed by atoms with van der Waals surface area (Å²) in [6, 6.07) is 3.75. The molecule has 152 valence electrons. The molecular formula is C22H26N4O2S. The van der Waals surface area contributed by atoms with Gasteiger partial charge in [0.2, 0.25) is 0 Å². The number of carbonyl (C=O) groups excluding carboxylic acids is 1. The molecule has 0 spiro atoms. The second-order valence-electron chi connectivity index (χ2n) is 8.64. The molecule has 0 unspecified atom stereocenters. The van der Waals surface area contributed by atoms with E-state index in [0.717, 1.165) is 24.1 Å². The second-order valence-corrected chi connectivity index (χ2v) is 10.1. The van der Waals surface area contributed by atoms with E-state index in [-0.39, 0.29) is 16.8 Å². The van der Waals surface area contributed by atoms with Crippen molar-refractivity contribution >= 4 is 23.4 Å². The van der Waals surface area contributed by atoms with Gasteiger partial charge in [0.1, 0.15) is 5.82 Å². The van der Waals surface area contributed by atoms with Crippen molar-refractivity contribution in [1.82, 2.24) is 15.0 Å². The summed E-state index contributed by atoms with van der Waals surface area (Å²) in [7, 11) is 0. The SMILES string of the molecule is CC[C@H](C)Sc1nc2c(c(=O)[nH]1)[C@H](c1ccncc1)C1=C(CC(C)(C)CC1=O)N2. The summed E-state index contributed by atoms with van der Waals surface area (Å²) in [4.78, 5) is 38.1. The van der Waals surface area contributed by atoms with E-state index in [2.05, 4.69) is 43.0 Å². The first-order valence-electron chi connectivity index (χ1n) is 10.0. The van der Waals surface area contributed by atoms with Crippen LogP contribution in [0.4, 0.5) is 5.82 Å². The topological polar surface area (TPSA) is 87.7 Å². The third kappa shape index (κ3) is 3.75. The summed E-state index contributed by atoms with van der Waals surface area (Å²) in [5, 5.41) is 4.31. The highest BCUT2D eigenvalue weighted by Gasteiger charge is 2.42. The second kappa shape index (κ2) is 7.44. The molecule has 0 fully saturated rings. The number of aromatic nitrogens is 3. The zero-order valence-corrected chi connectivity index (χ0v) is 18.0. The van der Waals surface area contributed by atoms with Crippen LogP contribution in [-0.2, 0) is 4.79 Å². The number of rotatable bonds is 4. The summed E-state index contributed by atoms with van der Waals surface area (Å²) < 4.78 is 0. The number of H-pyrrole nitrogens is 1. The van der Waals surface area contributed by atoms with Crippen molar-refractivity contribution in [1.29, 1.82) is 0 Å². The maximum atomic E-state index is 13.1. The molecule has 2 aromatic rings. The van der Waals surface area contributed by atoms with Gasteiger partial charge in [0.25, 0.3) is 5.56 Å². The Morgan fingerprint density at radius 2 is 1.97 bits per heavy atom. The Hall–Kier alpha value is -2.41. The molecule has 7 heteroatoms. The van der Waals surface area contributed by atoms with Crippen LogP contribution in [0.15, 0.2) is 45.7 Å². The van der Waals surface area contributed by atoms with Crippen LogP contribution in [0.2, 0.25) is 0 Å². The summed E-state index contributed by atoms with van der Waals surface area (Å²) in [6.07, 6.45) is 5.60. The van der Waals surface area contributed by atoms with Crippen LogP contribution in [0.3, 0.4) is 0 Å². The van der Waals surface area contributed by atoms with Gasteiger partial charge in [-0.25, -0.2) is 4.98 Å². The highest BCUT2D eigenvalue weighted by molar-refractivity contribution is 7.99. The van der Waals surface area contributed by atoms with Gasteiger partial charge in [-0.2, -0.15) is 0 Å². The van der Waals surface area contributed by atoms with Gasteiger partial charge >= 0.3 is 0 Å². The van der Waals surface area contributed by atoms with E-state index in [9.17, 15) is 9.59 Å². The average molecular weight is 411 g/mol. The number of fused-ring (bicyclic) bond motifs is 1. The minimum atomic E-state index is -0.424. The predicted molar refractivity (Wildman–Crippen MR) is 115 cm³/mol. The molecule has 1 aliphatic carbocycles. The Balaban J connectivity index is 1.90. The monoisotopic (exact) mass is 410 g/mol. The highest BCUT2D eigenvalue weighted by atomic mass is 32.2. The Morgan fingerprint density at radius 3 is 2.66 bits per heavy atom. The number of aromatic amines is 1. The van der Waals surface area contributed by atoms with E-state index in [1.54, 1.807) is 24.2 Å². The van der Waals surface area contributed by atoms with E-state index >= 15 is 0 Å². The molecule has 1 aliphatic heterocycles. The molecule has 2 aliphatic rings. The van der Waals surface area contributed by atoms with Gasteiger partial charge in [-0.1, -0.05) is 39.5 Å². The molecule has 0 radical (unpaired) electrons. The fourth-order valence-corrected chi connectivity index (χ4v) is 4.96. The summed E-state index contributed by atoms with van der Waals surface area (Å²) in [5.74, 6) is 0.228. The highest BCUT2D eigenvalue weighted by Crippen LogP contribution is 2.47. The van der Waals surface area contributed by atoms with Gasteiger partial charge in [0.15, 0.2) is 10.9 Å². The van der Waals surface area contributed by atoms with Crippen LogP contribution in [0.1, 0.15) is 64.0 Å². The first kappa shape index (κ1) is 19.9. The van der Waals surface area contributed by atoms with Gasteiger partial charge in [-0.3, -0.25) is 14.6 Å². The first-order valence-corrected chi connectivity index (χ1v) is 10.9. The Kier molecular flexibility index (Phi) is 5.11. The van der Waals surface area contributed by atoms with Crippen molar-refractivity contribution in [3.63, 3.8) is 0 Å². The van der Waals surface area contributed by atoms with Crippen LogP contribution in [0.25, 0.3) is 0 Å². The van der Waals surface area contributed by atoms with E-state index in [1.807, 2.05) is 12.1 Å². The van der Waals surface area contributed by atoms with Crippen LogP contribution in [-0.4, -0.2) is 26.0 Å². The number of hydrogen-bond donors (Lipinski definition) is 2. The fraction of sp³-hybridized carbons (Fsp3) is 0.455. The van der Waals surface area contributed by atoms with E-state index < -0.39 is 5.92 Å². The molecule has 0 bridgehead atoms. The molecule has 0 saturated heterocycles. The quantitative estimate of drug-likeness (QED) is 0.579. The van der Waals surface area contributed by atoms with Gasteiger partial charge in [0, 0.05) is 41.3 Å². The van der Waals surface area contributed by atoms with Crippen molar-refractivity contribution in [2.75, 3.05) is 5.32 Å². The molecule has 3 heterocycles. The summed E-state index contributed by atoms with van der Waals surface area (Å²) in [6.45, 7) is 8.42. The lowest BCUT2D eigenvalue weighted by Crippen LogP contribution is -2.37. The van der Waals surface area contributed by atoms with Gasteiger partial charge in [-0.15, -0.1) is 0 Å². The number of allylic oxidation sites excluding steroid dienone is 2. The molecule has 0 aromatic carbocycles. The molecule has 29 heavy (non-hydrogen) atoms. The molecule has 2 atom stereocenters. The maximum absolute atomic E-state index is 13.1. The number of anilines is 1. The Bertz CT molecular complexity index is 1040. The van der Waals surface area contributed by atoms with Crippen molar-refractivity contribution < 1.29 is 4.79 Å². The molecule has 0 saturated carbocycles. The van der Waals surface area contributed by atoms with E-state index in [1.165, 1.54) is 0 Å². The molecule has 2 N–H and O–H groups in total.